The molecule has 0 amide bonds. The lowest BCUT2D eigenvalue weighted by atomic mass is 9.94. The van der Waals surface area contributed by atoms with Gasteiger partial charge in [0.2, 0.25) is 0 Å². The molecular formula is C19H24N4O2. The number of methoxy groups -OCH3 is 1. The Morgan fingerprint density at radius 1 is 1.20 bits per heavy atom. The van der Waals surface area contributed by atoms with Gasteiger partial charge in [-0.05, 0) is 63.2 Å². The smallest absolute Gasteiger partial charge is 0.274 e. The van der Waals surface area contributed by atoms with Crippen LogP contribution in [0.4, 0.5) is 0 Å². The second kappa shape index (κ2) is 6.52. The highest BCUT2D eigenvalue weighted by Gasteiger charge is 2.21. The molecule has 1 aromatic carbocycles. The van der Waals surface area contributed by atoms with E-state index in [0.717, 1.165) is 47.7 Å². The summed E-state index contributed by atoms with van der Waals surface area (Å²) in [7, 11) is 5.88. The highest BCUT2D eigenvalue weighted by Crippen LogP contribution is 2.29. The molecule has 3 aromatic rings. The van der Waals surface area contributed by atoms with Crippen LogP contribution in [0, 0.1) is 5.92 Å². The van der Waals surface area contributed by atoms with Crippen LogP contribution in [0.5, 0.6) is 5.75 Å². The van der Waals surface area contributed by atoms with E-state index in [2.05, 4.69) is 32.7 Å². The van der Waals surface area contributed by atoms with Gasteiger partial charge in [0.15, 0.2) is 5.82 Å². The molecule has 132 valence electrons. The van der Waals surface area contributed by atoms with Crippen LogP contribution < -0.4 is 4.74 Å². The number of nitrogens with zero attached hydrogens (tertiary/aromatic N) is 4. The number of rotatable bonds is 4. The Balaban J connectivity index is 1.57. The van der Waals surface area contributed by atoms with Gasteiger partial charge in [0.25, 0.3) is 5.89 Å². The Kier molecular flexibility index (Phi) is 4.21. The fourth-order valence-corrected chi connectivity index (χ4v) is 3.63. The number of fused-ring (bicyclic) bond motifs is 1. The molecular weight excluding hydrogens is 316 g/mol. The van der Waals surface area contributed by atoms with E-state index in [1.807, 2.05) is 25.2 Å². The molecule has 0 radical (unpaired) electrons. The molecule has 1 aliphatic heterocycles. The highest BCUT2D eigenvalue weighted by molar-refractivity contribution is 5.86. The zero-order chi connectivity index (χ0) is 17.4. The summed E-state index contributed by atoms with van der Waals surface area (Å²) in [5.41, 5.74) is 2.05. The van der Waals surface area contributed by atoms with Crippen molar-refractivity contribution in [2.24, 2.45) is 13.0 Å². The van der Waals surface area contributed by atoms with Gasteiger partial charge >= 0.3 is 0 Å². The average Bonchev–Trinajstić information content (AvgIpc) is 3.21. The van der Waals surface area contributed by atoms with E-state index in [1.54, 1.807) is 7.11 Å². The van der Waals surface area contributed by atoms with Crippen molar-refractivity contribution >= 4 is 10.9 Å². The Morgan fingerprint density at radius 3 is 2.76 bits per heavy atom. The summed E-state index contributed by atoms with van der Waals surface area (Å²) in [5, 5.41) is 5.32. The molecule has 1 fully saturated rings. The first-order chi connectivity index (χ1) is 12.1. The summed E-state index contributed by atoms with van der Waals surface area (Å²) < 4.78 is 13.0. The Bertz CT molecular complexity index is 875. The third-order valence-electron chi connectivity index (χ3n) is 5.25. The van der Waals surface area contributed by atoms with E-state index in [1.165, 1.54) is 12.8 Å². The van der Waals surface area contributed by atoms with Crippen molar-refractivity contribution in [3.05, 3.63) is 30.1 Å². The molecule has 0 saturated carbocycles. The Hall–Kier alpha value is -2.34. The van der Waals surface area contributed by atoms with Crippen LogP contribution in [0.15, 0.2) is 28.8 Å². The van der Waals surface area contributed by atoms with Gasteiger partial charge in [0, 0.05) is 24.4 Å². The standard InChI is InChI=1S/C19H24N4O2/c1-22-8-6-13(7-9-22)10-18-20-19(25-21-18)17-12-14-11-15(24-3)4-5-16(14)23(17)2/h4-5,11-13H,6-10H2,1-3H3. The number of hydrogen-bond acceptors (Lipinski definition) is 5. The zero-order valence-electron chi connectivity index (χ0n) is 15.0. The van der Waals surface area contributed by atoms with Crippen LogP contribution in [0.1, 0.15) is 18.7 Å². The van der Waals surface area contributed by atoms with Crippen molar-refractivity contribution in [1.82, 2.24) is 19.6 Å². The lowest BCUT2D eigenvalue weighted by Gasteiger charge is -2.27. The normalized spacial score (nSPS) is 16.6. The quantitative estimate of drug-likeness (QED) is 0.730. The van der Waals surface area contributed by atoms with Crippen molar-refractivity contribution in [2.75, 3.05) is 27.2 Å². The Labute approximate surface area is 147 Å². The number of piperidine rings is 1. The summed E-state index contributed by atoms with van der Waals surface area (Å²) in [5.74, 6) is 2.89. The van der Waals surface area contributed by atoms with Gasteiger partial charge in [-0.1, -0.05) is 5.16 Å². The summed E-state index contributed by atoms with van der Waals surface area (Å²) in [6.45, 7) is 2.31. The van der Waals surface area contributed by atoms with Gasteiger partial charge in [0.05, 0.1) is 7.11 Å². The fraction of sp³-hybridized carbons (Fsp3) is 0.474. The molecule has 0 bridgehead atoms. The molecule has 0 N–H and O–H groups in total. The third-order valence-corrected chi connectivity index (χ3v) is 5.25. The lowest BCUT2D eigenvalue weighted by Crippen LogP contribution is -2.31. The van der Waals surface area contributed by atoms with Crippen molar-refractivity contribution in [3.63, 3.8) is 0 Å². The predicted molar refractivity (Wildman–Crippen MR) is 96.7 cm³/mol. The number of hydrogen-bond donors (Lipinski definition) is 0. The summed E-state index contributed by atoms with van der Waals surface area (Å²) in [6.07, 6.45) is 3.30. The number of likely N-dealkylation sites (tertiary alicyclic amines) is 1. The maximum Gasteiger partial charge on any atom is 0.274 e. The van der Waals surface area contributed by atoms with E-state index in [4.69, 9.17) is 9.26 Å². The molecule has 4 rings (SSSR count). The number of aryl methyl sites for hydroxylation is 1. The van der Waals surface area contributed by atoms with Gasteiger partial charge in [-0.2, -0.15) is 4.98 Å². The molecule has 6 heteroatoms. The van der Waals surface area contributed by atoms with Crippen molar-refractivity contribution in [3.8, 4) is 17.3 Å². The van der Waals surface area contributed by atoms with Crippen LogP contribution >= 0.6 is 0 Å². The van der Waals surface area contributed by atoms with Crippen molar-refractivity contribution < 1.29 is 9.26 Å². The van der Waals surface area contributed by atoms with Crippen LogP contribution in [0.25, 0.3) is 22.5 Å². The van der Waals surface area contributed by atoms with Gasteiger partial charge in [0.1, 0.15) is 11.4 Å². The molecule has 2 aromatic heterocycles. The first-order valence-corrected chi connectivity index (χ1v) is 8.79. The molecule has 3 heterocycles. The number of benzene rings is 1. The molecule has 0 unspecified atom stereocenters. The van der Waals surface area contributed by atoms with E-state index in [0.29, 0.717) is 11.8 Å². The van der Waals surface area contributed by atoms with Crippen LogP contribution in [-0.2, 0) is 13.5 Å². The average molecular weight is 340 g/mol. The fourth-order valence-electron chi connectivity index (χ4n) is 3.63. The minimum Gasteiger partial charge on any atom is -0.497 e. The minimum atomic E-state index is 0.584. The second-order valence-electron chi connectivity index (χ2n) is 6.98. The third kappa shape index (κ3) is 3.14. The topological polar surface area (TPSA) is 56.3 Å². The van der Waals surface area contributed by atoms with Crippen molar-refractivity contribution in [1.29, 1.82) is 0 Å². The van der Waals surface area contributed by atoms with Crippen LogP contribution in [0.3, 0.4) is 0 Å². The lowest BCUT2D eigenvalue weighted by molar-refractivity contribution is 0.216. The van der Waals surface area contributed by atoms with E-state index < -0.39 is 0 Å². The van der Waals surface area contributed by atoms with Gasteiger partial charge in [-0.3, -0.25) is 0 Å². The highest BCUT2D eigenvalue weighted by atomic mass is 16.5. The van der Waals surface area contributed by atoms with Crippen LogP contribution in [-0.4, -0.2) is 46.9 Å². The van der Waals surface area contributed by atoms with Gasteiger partial charge in [-0.15, -0.1) is 0 Å². The zero-order valence-corrected chi connectivity index (χ0v) is 15.0. The summed E-state index contributed by atoms with van der Waals surface area (Å²) in [6, 6.07) is 8.11. The molecule has 25 heavy (non-hydrogen) atoms. The van der Waals surface area contributed by atoms with Gasteiger partial charge in [-0.25, -0.2) is 0 Å². The summed E-state index contributed by atoms with van der Waals surface area (Å²) in [4.78, 5) is 7.03. The Morgan fingerprint density at radius 2 is 2.00 bits per heavy atom. The molecule has 1 aliphatic rings. The molecule has 0 atom stereocenters. The van der Waals surface area contributed by atoms with Crippen molar-refractivity contribution in [2.45, 2.75) is 19.3 Å². The monoisotopic (exact) mass is 340 g/mol. The summed E-state index contributed by atoms with van der Waals surface area (Å²) >= 11 is 0. The van der Waals surface area contributed by atoms with E-state index in [-0.39, 0.29) is 0 Å². The second-order valence-corrected chi connectivity index (χ2v) is 6.98. The maximum absolute atomic E-state index is 5.56. The van der Waals surface area contributed by atoms with Crippen LogP contribution in [0.2, 0.25) is 0 Å². The first kappa shape index (κ1) is 16.1. The SMILES string of the molecule is COc1ccc2c(c1)cc(-c1nc(CC3CCN(C)CC3)no1)n2C. The first-order valence-electron chi connectivity index (χ1n) is 8.79. The van der Waals surface area contributed by atoms with E-state index in [9.17, 15) is 0 Å². The molecule has 0 aliphatic carbocycles. The predicted octanol–water partition coefficient (Wildman–Crippen LogP) is 3.12. The number of ether oxygens (including phenoxy) is 1. The molecule has 0 spiro atoms. The van der Waals surface area contributed by atoms with E-state index >= 15 is 0 Å². The minimum absolute atomic E-state index is 0.584. The number of aromatic nitrogens is 3. The van der Waals surface area contributed by atoms with Gasteiger partial charge < -0.3 is 18.7 Å². The molecule has 6 nitrogen and oxygen atoms in total. The largest absolute Gasteiger partial charge is 0.497 e. The maximum atomic E-state index is 5.56. The molecule has 1 saturated heterocycles.